The van der Waals surface area contributed by atoms with Crippen LogP contribution in [0.1, 0.15) is 13.3 Å². The van der Waals surface area contributed by atoms with Crippen molar-refractivity contribution in [3.63, 3.8) is 0 Å². The van der Waals surface area contributed by atoms with Crippen molar-refractivity contribution in [3.8, 4) is 0 Å². The monoisotopic (exact) mass is 156 g/mol. The fraction of sp³-hybridized carbons (Fsp3) is 0.571. The van der Waals surface area contributed by atoms with Crippen LogP contribution in [0.5, 0.6) is 0 Å². The summed E-state index contributed by atoms with van der Waals surface area (Å²) in [6, 6.07) is 0. The summed E-state index contributed by atoms with van der Waals surface area (Å²) in [5.74, 6) is 0. The van der Waals surface area contributed by atoms with Gasteiger partial charge in [0.2, 0.25) is 0 Å². The molecule has 0 aromatic carbocycles. The molecule has 0 aliphatic rings. The Morgan fingerprint density at radius 2 is 2.20 bits per heavy atom. The van der Waals surface area contributed by atoms with Gasteiger partial charge in [0.1, 0.15) is 0 Å². The van der Waals surface area contributed by atoms with Gasteiger partial charge in [-0.3, -0.25) is 0 Å². The van der Waals surface area contributed by atoms with E-state index in [1.807, 2.05) is 24.0 Å². The van der Waals surface area contributed by atoms with Crippen molar-refractivity contribution in [2.24, 2.45) is 7.05 Å². The molecule has 10 heavy (non-hydrogen) atoms. The Balaban J connectivity index is 2.95. The van der Waals surface area contributed by atoms with E-state index >= 15 is 0 Å². The lowest BCUT2D eigenvalue weighted by atomic mass is 10.5. The molecular formula is C7H12N2S. The molecule has 1 aromatic heterocycles. The molecule has 0 saturated carbocycles. The van der Waals surface area contributed by atoms with Crippen molar-refractivity contribution in [2.45, 2.75) is 19.9 Å². The van der Waals surface area contributed by atoms with Crippen LogP contribution < -0.4 is 0 Å². The van der Waals surface area contributed by atoms with Gasteiger partial charge in [-0.05, 0) is 18.6 Å². The van der Waals surface area contributed by atoms with Gasteiger partial charge in [0.25, 0.3) is 0 Å². The summed E-state index contributed by atoms with van der Waals surface area (Å²) in [5, 5.41) is 0. The summed E-state index contributed by atoms with van der Waals surface area (Å²) in [7, 11) is 1.97. The highest BCUT2D eigenvalue weighted by Crippen LogP contribution is 1.95. The van der Waals surface area contributed by atoms with E-state index in [1.165, 1.54) is 0 Å². The molecule has 56 valence electrons. The highest BCUT2D eigenvalue weighted by atomic mass is 32.1. The van der Waals surface area contributed by atoms with Gasteiger partial charge in [0.15, 0.2) is 4.77 Å². The standard InChI is InChI=1S/C7H12N2S/c1-3-4-9-6-5-8(2)7(9)10/h5-6H,3-4H2,1-2H3. The highest BCUT2D eigenvalue weighted by Gasteiger charge is 1.91. The molecule has 0 amide bonds. The molecule has 1 heterocycles. The Bertz CT molecular complexity index is 259. The maximum atomic E-state index is 5.12. The largest absolute Gasteiger partial charge is 0.327 e. The Morgan fingerprint density at radius 3 is 2.60 bits per heavy atom. The van der Waals surface area contributed by atoms with Crippen LogP contribution in [0.2, 0.25) is 0 Å². The van der Waals surface area contributed by atoms with Gasteiger partial charge in [-0.25, -0.2) is 0 Å². The minimum Gasteiger partial charge on any atom is -0.327 e. The van der Waals surface area contributed by atoms with Gasteiger partial charge in [-0.1, -0.05) is 6.92 Å². The van der Waals surface area contributed by atoms with E-state index in [0.29, 0.717) is 0 Å². The molecule has 0 N–H and O–H groups in total. The zero-order valence-corrected chi connectivity index (χ0v) is 7.19. The van der Waals surface area contributed by atoms with Gasteiger partial charge >= 0.3 is 0 Å². The molecule has 0 atom stereocenters. The minimum absolute atomic E-state index is 0.904. The predicted octanol–water partition coefficient (Wildman–Crippen LogP) is 1.97. The summed E-state index contributed by atoms with van der Waals surface area (Å²) in [5.41, 5.74) is 0. The van der Waals surface area contributed by atoms with Gasteiger partial charge in [0, 0.05) is 26.0 Å². The first kappa shape index (κ1) is 7.54. The minimum atomic E-state index is 0.904. The van der Waals surface area contributed by atoms with E-state index in [4.69, 9.17) is 12.2 Å². The maximum absolute atomic E-state index is 5.12. The summed E-state index contributed by atoms with van der Waals surface area (Å²) in [4.78, 5) is 0. The van der Waals surface area contributed by atoms with E-state index in [0.717, 1.165) is 17.7 Å². The first-order valence-electron chi connectivity index (χ1n) is 3.47. The number of aromatic nitrogens is 2. The van der Waals surface area contributed by atoms with Crippen LogP contribution >= 0.6 is 12.2 Å². The van der Waals surface area contributed by atoms with Crippen molar-refractivity contribution < 1.29 is 0 Å². The van der Waals surface area contributed by atoms with Crippen LogP contribution in [0, 0.1) is 4.77 Å². The molecule has 0 aliphatic carbocycles. The molecule has 0 saturated heterocycles. The highest BCUT2D eigenvalue weighted by molar-refractivity contribution is 7.71. The van der Waals surface area contributed by atoms with Crippen molar-refractivity contribution >= 4 is 12.2 Å². The fourth-order valence-corrected chi connectivity index (χ4v) is 1.13. The Morgan fingerprint density at radius 1 is 1.50 bits per heavy atom. The lowest BCUT2D eigenvalue weighted by molar-refractivity contribution is 0.655. The predicted molar refractivity (Wildman–Crippen MR) is 44.5 cm³/mol. The molecule has 2 nitrogen and oxygen atoms in total. The van der Waals surface area contributed by atoms with Crippen LogP contribution in [0.15, 0.2) is 12.4 Å². The number of imidazole rings is 1. The van der Waals surface area contributed by atoms with Gasteiger partial charge in [0.05, 0.1) is 0 Å². The third-order valence-corrected chi connectivity index (χ3v) is 2.00. The molecule has 1 aromatic rings. The van der Waals surface area contributed by atoms with E-state index in [-0.39, 0.29) is 0 Å². The number of nitrogens with zero attached hydrogens (tertiary/aromatic N) is 2. The topological polar surface area (TPSA) is 9.86 Å². The SMILES string of the molecule is CCCn1ccn(C)c1=S. The smallest absolute Gasteiger partial charge is 0.179 e. The average molecular weight is 156 g/mol. The third kappa shape index (κ3) is 1.29. The van der Waals surface area contributed by atoms with Gasteiger partial charge in [-0.15, -0.1) is 0 Å². The Labute approximate surface area is 66.1 Å². The van der Waals surface area contributed by atoms with Crippen LogP contribution in [0.3, 0.4) is 0 Å². The molecule has 0 radical (unpaired) electrons. The van der Waals surface area contributed by atoms with Crippen LogP contribution in [0.25, 0.3) is 0 Å². The summed E-state index contributed by atoms with van der Waals surface area (Å²) in [6.07, 6.45) is 5.14. The first-order valence-corrected chi connectivity index (χ1v) is 3.88. The van der Waals surface area contributed by atoms with Crippen molar-refractivity contribution in [1.82, 2.24) is 9.13 Å². The number of hydrogen-bond donors (Lipinski definition) is 0. The molecule has 0 fully saturated rings. The van der Waals surface area contributed by atoms with Crippen molar-refractivity contribution in [1.29, 1.82) is 0 Å². The first-order chi connectivity index (χ1) is 4.75. The molecule has 3 heteroatoms. The number of aryl methyl sites for hydroxylation is 2. The molecular weight excluding hydrogens is 144 g/mol. The molecule has 1 rings (SSSR count). The van der Waals surface area contributed by atoms with Crippen LogP contribution in [-0.2, 0) is 13.6 Å². The van der Waals surface area contributed by atoms with Crippen LogP contribution in [0.4, 0.5) is 0 Å². The number of rotatable bonds is 2. The zero-order valence-electron chi connectivity index (χ0n) is 6.37. The summed E-state index contributed by atoms with van der Waals surface area (Å²) >= 11 is 5.12. The summed E-state index contributed by atoms with van der Waals surface area (Å²) in [6.45, 7) is 3.18. The second-order valence-corrected chi connectivity index (χ2v) is 2.75. The quantitative estimate of drug-likeness (QED) is 0.595. The molecule has 0 aliphatic heterocycles. The van der Waals surface area contributed by atoms with Gasteiger partial charge in [-0.2, -0.15) is 0 Å². The van der Waals surface area contributed by atoms with Crippen LogP contribution in [-0.4, -0.2) is 9.13 Å². The van der Waals surface area contributed by atoms with E-state index < -0.39 is 0 Å². The van der Waals surface area contributed by atoms with E-state index in [2.05, 4.69) is 11.5 Å². The normalized spacial score (nSPS) is 10.2. The Hall–Kier alpha value is -0.570. The molecule has 0 spiro atoms. The van der Waals surface area contributed by atoms with E-state index in [9.17, 15) is 0 Å². The van der Waals surface area contributed by atoms with Crippen molar-refractivity contribution in [2.75, 3.05) is 0 Å². The van der Waals surface area contributed by atoms with Crippen molar-refractivity contribution in [3.05, 3.63) is 17.2 Å². The number of hydrogen-bond acceptors (Lipinski definition) is 1. The lowest BCUT2D eigenvalue weighted by Crippen LogP contribution is -1.96. The second-order valence-electron chi connectivity index (χ2n) is 2.39. The average Bonchev–Trinajstić information content (AvgIpc) is 2.20. The lowest BCUT2D eigenvalue weighted by Gasteiger charge is -1.96. The fourth-order valence-electron chi connectivity index (χ4n) is 0.922. The Kier molecular flexibility index (Phi) is 2.27. The zero-order chi connectivity index (χ0) is 7.56. The third-order valence-electron chi connectivity index (χ3n) is 1.48. The maximum Gasteiger partial charge on any atom is 0.179 e. The second kappa shape index (κ2) is 3.01. The molecule has 0 unspecified atom stereocenters. The molecule has 0 bridgehead atoms. The van der Waals surface area contributed by atoms with E-state index in [1.54, 1.807) is 0 Å². The summed E-state index contributed by atoms with van der Waals surface area (Å²) < 4.78 is 4.93. The van der Waals surface area contributed by atoms with Gasteiger partial charge < -0.3 is 9.13 Å².